The van der Waals surface area contributed by atoms with E-state index in [1.165, 1.54) is 5.56 Å². The molecule has 208 valence electrons. The zero-order valence-electron chi connectivity index (χ0n) is 23.6. The maximum atomic E-state index is 5.13. The van der Waals surface area contributed by atoms with Gasteiger partial charge in [0.25, 0.3) is 0 Å². The Kier molecular flexibility index (Phi) is 6.58. The lowest BCUT2D eigenvalue weighted by Crippen LogP contribution is -2.06. The van der Waals surface area contributed by atoms with Crippen molar-refractivity contribution < 1.29 is 0 Å². The van der Waals surface area contributed by atoms with Crippen molar-refractivity contribution in [2.45, 2.75) is 0 Å². The van der Waals surface area contributed by atoms with Crippen molar-refractivity contribution in [3.63, 3.8) is 0 Å². The average Bonchev–Trinajstić information content (AvgIpc) is 3.43. The summed E-state index contributed by atoms with van der Waals surface area (Å²) in [5.74, 6) is 1.84. The summed E-state index contributed by atoms with van der Waals surface area (Å²) < 4.78 is 3.22. The first kappa shape index (κ1) is 26.3. The maximum Gasteiger partial charge on any atom is 0.238 e. The summed E-state index contributed by atoms with van der Waals surface area (Å²) in [6.45, 7) is 0. The third kappa shape index (κ3) is 4.68. The van der Waals surface area contributed by atoms with Crippen LogP contribution in [0.1, 0.15) is 0 Å². The first-order valence-corrected chi connectivity index (χ1v) is 15.3. The fourth-order valence-corrected chi connectivity index (χ4v) is 6.32. The highest BCUT2D eigenvalue weighted by Gasteiger charge is 2.18. The number of rotatable bonds is 5. The Morgan fingerprint density at radius 1 is 0.409 bits per heavy atom. The fraction of sp³-hybridized carbons (Fsp3) is 0. The lowest BCUT2D eigenvalue weighted by molar-refractivity contribution is 0.953. The summed E-state index contributed by atoms with van der Waals surface area (Å²) in [5.41, 5.74) is 8.51. The Hall–Kier alpha value is -5.39. The third-order valence-electron chi connectivity index (χ3n) is 7.96. The average molecular weight is 630 g/mol. The molecule has 0 unspecified atom stereocenters. The summed E-state index contributed by atoms with van der Waals surface area (Å²) in [5, 5.41) is 2.29. The van der Waals surface area contributed by atoms with Crippen molar-refractivity contribution in [3.8, 4) is 51.0 Å². The molecule has 8 aromatic rings. The second-order valence-corrected chi connectivity index (χ2v) is 11.5. The van der Waals surface area contributed by atoms with Crippen LogP contribution in [0, 0.1) is 0 Å². The predicted octanol–water partition coefficient (Wildman–Crippen LogP) is 10.4. The number of nitrogens with zero attached hydrogens (tertiary/aromatic N) is 4. The van der Waals surface area contributed by atoms with Crippen molar-refractivity contribution in [1.82, 2.24) is 19.5 Å². The van der Waals surface area contributed by atoms with E-state index in [0.717, 1.165) is 54.1 Å². The molecule has 2 aromatic heterocycles. The highest BCUT2D eigenvalue weighted by Crippen LogP contribution is 2.36. The Morgan fingerprint density at radius 3 is 1.66 bits per heavy atom. The zero-order chi connectivity index (χ0) is 29.5. The molecule has 0 spiro atoms. The van der Waals surface area contributed by atoms with Gasteiger partial charge in [-0.05, 0) is 40.5 Å². The number of halogens is 1. The Bertz CT molecular complexity index is 2270. The molecule has 5 heteroatoms. The standard InChI is InChI=1S/C39H25BrN4/c40-34-17-9-7-15-31(34)30-23-24-33-32-16-8-10-18-35(32)44(36(33)25-30)39-42-37(28-13-5-2-6-14-28)41-38(43-39)29-21-19-27(20-22-29)26-11-3-1-4-12-26/h1-25H. The molecule has 0 fully saturated rings. The van der Waals surface area contributed by atoms with Crippen LogP contribution in [-0.2, 0) is 0 Å². The molecule has 0 radical (unpaired) electrons. The van der Waals surface area contributed by atoms with Crippen molar-refractivity contribution in [2.24, 2.45) is 0 Å². The number of hydrogen-bond donors (Lipinski definition) is 0. The van der Waals surface area contributed by atoms with Gasteiger partial charge in [-0.1, -0.05) is 149 Å². The molecular weight excluding hydrogens is 604 g/mol. The molecule has 2 heterocycles. The number of benzene rings is 6. The Morgan fingerprint density at radius 2 is 0.932 bits per heavy atom. The minimum Gasteiger partial charge on any atom is -0.278 e. The highest BCUT2D eigenvalue weighted by molar-refractivity contribution is 9.10. The Balaban J connectivity index is 1.36. The van der Waals surface area contributed by atoms with Gasteiger partial charge < -0.3 is 0 Å². The van der Waals surface area contributed by atoms with Gasteiger partial charge in [0.2, 0.25) is 5.95 Å². The van der Waals surface area contributed by atoms with Crippen LogP contribution < -0.4 is 0 Å². The van der Waals surface area contributed by atoms with Gasteiger partial charge in [0.1, 0.15) is 0 Å². The summed E-state index contributed by atoms with van der Waals surface area (Å²) in [7, 11) is 0. The van der Waals surface area contributed by atoms with Crippen molar-refractivity contribution in [1.29, 1.82) is 0 Å². The van der Waals surface area contributed by atoms with E-state index in [4.69, 9.17) is 15.0 Å². The van der Waals surface area contributed by atoms with E-state index >= 15 is 0 Å². The minimum atomic E-state index is 0.580. The second kappa shape index (κ2) is 11.0. The molecule has 6 aromatic carbocycles. The fourth-order valence-electron chi connectivity index (χ4n) is 5.80. The first-order chi connectivity index (χ1) is 21.7. The molecule has 0 saturated heterocycles. The highest BCUT2D eigenvalue weighted by atomic mass is 79.9. The van der Waals surface area contributed by atoms with Crippen LogP contribution in [0.2, 0.25) is 0 Å². The molecule has 0 aliphatic carbocycles. The number of fused-ring (bicyclic) bond motifs is 3. The third-order valence-corrected chi connectivity index (χ3v) is 8.66. The van der Waals surface area contributed by atoms with Gasteiger partial charge in [0.15, 0.2) is 11.6 Å². The van der Waals surface area contributed by atoms with Gasteiger partial charge >= 0.3 is 0 Å². The summed E-state index contributed by atoms with van der Waals surface area (Å²) >= 11 is 3.75. The lowest BCUT2D eigenvalue weighted by atomic mass is 10.0. The summed E-state index contributed by atoms with van der Waals surface area (Å²) in [4.78, 5) is 15.2. The predicted molar refractivity (Wildman–Crippen MR) is 184 cm³/mol. The first-order valence-electron chi connectivity index (χ1n) is 14.5. The Labute approximate surface area is 263 Å². The van der Waals surface area contributed by atoms with E-state index < -0.39 is 0 Å². The molecule has 0 aliphatic rings. The second-order valence-electron chi connectivity index (χ2n) is 10.7. The molecule has 44 heavy (non-hydrogen) atoms. The molecule has 4 nitrogen and oxygen atoms in total. The minimum absolute atomic E-state index is 0.580. The van der Waals surface area contributed by atoms with Crippen LogP contribution in [-0.4, -0.2) is 19.5 Å². The van der Waals surface area contributed by atoms with Crippen molar-refractivity contribution >= 4 is 37.7 Å². The van der Waals surface area contributed by atoms with E-state index in [1.54, 1.807) is 0 Å². The van der Waals surface area contributed by atoms with E-state index in [9.17, 15) is 0 Å². The molecule has 0 saturated carbocycles. The van der Waals surface area contributed by atoms with Gasteiger partial charge in [0.05, 0.1) is 11.0 Å². The summed E-state index contributed by atoms with van der Waals surface area (Å²) in [6.07, 6.45) is 0. The molecule has 0 amide bonds. The van der Waals surface area contributed by atoms with Crippen LogP contribution >= 0.6 is 15.9 Å². The van der Waals surface area contributed by atoms with Crippen LogP contribution in [0.4, 0.5) is 0 Å². The van der Waals surface area contributed by atoms with E-state index in [2.05, 4.69) is 130 Å². The van der Waals surface area contributed by atoms with Crippen LogP contribution in [0.15, 0.2) is 156 Å². The van der Waals surface area contributed by atoms with Gasteiger partial charge in [0, 0.05) is 26.4 Å². The normalized spacial score (nSPS) is 11.3. The van der Waals surface area contributed by atoms with Gasteiger partial charge in [-0.2, -0.15) is 9.97 Å². The van der Waals surface area contributed by atoms with Crippen molar-refractivity contribution in [2.75, 3.05) is 0 Å². The quantitative estimate of drug-likeness (QED) is 0.190. The van der Waals surface area contributed by atoms with Gasteiger partial charge in [-0.3, -0.25) is 4.57 Å². The van der Waals surface area contributed by atoms with Gasteiger partial charge in [-0.15, -0.1) is 0 Å². The topological polar surface area (TPSA) is 43.6 Å². The molecular formula is C39H25BrN4. The van der Waals surface area contributed by atoms with E-state index in [1.807, 2.05) is 42.5 Å². The number of aromatic nitrogens is 4. The SMILES string of the molecule is Brc1ccccc1-c1ccc2c3ccccc3n(-c3nc(-c4ccccc4)nc(-c4ccc(-c5ccccc5)cc4)n3)c2c1. The molecule has 8 rings (SSSR count). The summed E-state index contributed by atoms with van der Waals surface area (Å²) in [6, 6.07) is 52.3. The lowest BCUT2D eigenvalue weighted by Gasteiger charge is -2.12. The van der Waals surface area contributed by atoms with Crippen molar-refractivity contribution in [3.05, 3.63) is 156 Å². The van der Waals surface area contributed by atoms with Crippen LogP contribution in [0.25, 0.3) is 72.8 Å². The van der Waals surface area contributed by atoms with E-state index in [0.29, 0.717) is 17.6 Å². The number of hydrogen-bond acceptors (Lipinski definition) is 3. The molecule has 0 aliphatic heterocycles. The molecule has 0 bridgehead atoms. The van der Waals surface area contributed by atoms with Crippen LogP contribution in [0.5, 0.6) is 0 Å². The molecule has 0 atom stereocenters. The van der Waals surface area contributed by atoms with E-state index in [-0.39, 0.29) is 0 Å². The van der Waals surface area contributed by atoms with Crippen LogP contribution in [0.3, 0.4) is 0 Å². The smallest absolute Gasteiger partial charge is 0.238 e. The largest absolute Gasteiger partial charge is 0.278 e. The number of para-hydroxylation sites is 1. The molecule has 0 N–H and O–H groups in total. The monoisotopic (exact) mass is 628 g/mol. The maximum absolute atomic E-state index is 5.13. The zero-order valence-corrected chi connectivity index (χ0v) is 25.2. The van der Waals surface area contributed by atoms with Gasteiger partial charge in [-0.25, -0.2) is 4.98 Å².